The summed E-state index contributed by atoms with van der Waals surface area (Å²) in [5.41, 5.74) is 8.12. The maximum absolute atomic E-state index is 12.5. The lowest BCUT2D eigenvalue weighted by molar-refractivity contribution is -0.147. The number of nitrogens with zero attached hydrogens (tertiary/aromatic N) is 2. The van der Waals surface area contributed by atoms with Crippen molar-refractivity contribution in [2.45, 2.75) is 52.8 Å². The Morgan fingerprint density at radius 3 is 2.97 bits per heavy atom. The van der Waals surface area contributed by atoms with Gasteiger partial charge in [-0.2, -0.15) is 0 Å². The third-order valence-electron chi connectivity index (χ3n) is 8.62. The molecule has 2 aromatic carbocycles. The van der Waals surface area contributed by atoms with Crippen LogP contribution in [-0.4, -0.2) is 37.2 Å². The molecule has 2 fully saturated rings. The zero-order chi connectivity index (χ0) is 25.0. The fraction of sp³-hybridized carbons (Fsp3) is 0.448. The number of benzene rings is 2. The van der Waals surface area contributed by atoms with Crippen molar-refractivity contribution < 1.29 is 14.3 Å². The Kier molecular flexibility index (Phi) is 5.80. The molecule has 0 spiro atoms. The molecule has 0 radical (unpaired) electrons. The zero-order valence-corrected chi connectivity index (χ0v) is 22.2. The number of para-hydroxylation sites is 1. The van der Waals surface area contributed by atoms with E-state index in [1.807, 2.05) is 0 Å². The van der Waals surface area contributed by atoms with Crippen LogP contribution in [0.4, 0.5) is 5.13 Å². The number of aromatic nitrogens is 1. The van der Waals surface area contributed by atoms with E-state index >= 15 is 0 Å². The van der Waals surface area contributed by atoms with Crippen molar-refractivity contribution in [2.75, 3.05) is 25.1 Å². The predicted molar refractivity (Wildman–Crippen MR) is 143 cm³/mol. The number of thiazole rings is 1. The molecule has 0 unspecified atom stereocenters. The van der Waals surface area contributed by atoms with E-state index in [0.29, 0.717) is 12.5 Å². The van der Waals surface area contributed by atoms with Crippen LogP contribution in [0.1, 0.15) is 41.2 Å². The highest BCUT2D eigenvalue weighted by Gasteiger charge is 2.70. The Hall–Kier alpha value is -2.90. The molecule has 2 aliphatic heterocycles. The highest BCUT2D eigenvalue weighted by Crippen LogP contribution is 2.63. The Bertz CT molecular complexity index is 1340. The molecule has 1 saturated carbocycles. The van der Waals surface area contributed by atoms with Gasteiger partial charge < -0.3 is 19.7 Å². The third kappa shape index (κ3) is 3.63. The molecular weight excluding hydrogens is 470 g/mol. The molecule has 3 heterocycles. The molecular formula is C29H33N3O3S. The van der Waals surface area contributed by atoms with Crippen molar-refractivity contribution in [3.63, 3.8) is 0 Å². The minimum absolute atomic E-state index is 0.0811. The number of carbonyl (C=O) groups excluding carboxylic acids is 1. The molecule has 36 heavy (non-hydrogen) atoms. The standard InChI is InChI=1S/C29H33N3O3S/c1-17-6-5-7-24(26(17)35-15-21-9-8-20-13-30-11-10-23(20)18(21)2)25-16-36-28(31-25)32-14-22-12-29(22,19(32)3)27(33)34-4/h5-9,16,19,22,30H,10-15H2,1-4H3/t19-,22+,29+/m0/s1. The Labute approximate surface area is 216 Å². The highest BCUT2D eigenvalue weighted by atomic mass is 32.1. The number of fused-ring (bicyclic) bond motifs is 2. The van der Waals surface area contributed by atoms with Crippen molar-refractivity contribution in [1.82, 2.24) is 10.3 Å². The van der Waals surface area contributed by atoms with Crippen molar-refractivity contribution in [2.24, 2.45) is 11.3 Å². The molecule has 188 valence electrons. The maximum Gasteiger partial charge on any atom is 0.314 e. The summed E-state index contributed by atoms with van der Waals surface area (Å²) in [5.74, 6) is 1.17. The monoisotopic (exact) mass is 503 g/mol. The van der Waals surface area contributed by atoms with E-state index in [0.717, 1.165) is 60.2 Å². The smallest absolute Gasteiger partial charge is 0.314 e. The van der Waals surface area contributed by atoms with Crippen LogP contribution in [-0.2, 0) is 29.1 Å². The number of carbonyl (C=O) groups is 1. The Morgan fingerprint density at radius 1 is 1.28 bits per heavy atom. The molecule has 0 amide bonds. The van der Waals surface area contributed by atoms with Crippen molar-refractivity contribution in [3.8, 4) is 17.0 Å². The van der Waals surface area contributed by atoms with Crippen LogP contribution in [0.3, 0.4) is 0 Å². The first-order valence-electron chi connectivity index (χ1n) is 12.8. The lowest BCUT2D eigenvalue weighted by Crippen LogP contribution is -2.38. The summed E-state index contributed by atoms with van der Waals surface area (Å²) in [6.07, 6.45) is 1.99. The van der Waals surface area contributed by atoms with Gasteiger partial charge in [-0.25, -0.2) is 4.98 Å². The second-order valence-electron chi connectivity index (χ2n) is 10.4. The van der Waals surface area contributed by atoms with Crippen LogP contribution in [0.25, 0.3) is 11.3 Å². The van der Waals surface area contributed by atoms with E-state index in [2.05, 4.69) is 66.7 Å². The topological polar surface area (TPSA) is 63.7 Å². The van der Waals surface area contributed by atoms with Crippen LogP contribution in [0, 0.1) is 25.2 Å². The van der Waals surface area contributed by atoms with E-state index in [1.165, 1.54) is 29.4 Å². The number of esters is 1. The van der Waals surface area contributed by atoms with Crippen LogP contribution in [0.15, 0.2) is 35.7 Å². The van der Waals surface area contributed by atoms with E-state index in [-0.39, 0.29) is 17.4 Å². The fourth-order valence-corrected chi connectivity index (χ4v) is 7.22. The summed E-state index contributed by atoms with van der Waals surface area (Å²) in [4.78, 5) is 19.8. The largest absolute Gasteiger partial charge is 0.488 e. The van der Waals surface area contributed by atoms with Gasteiger partial charge >= 0.3 is 5.97 Å². The molecule has 1 aliphatic carbocycles. The first kappa shape index (κ1) is 23.5. The van der Waals surface area contributed by atoms with Crippen molar-refractivity contribution in [1.29, 1.82) is 0 Å². The minimum atomic E-state index is -0.360. The summed E-state index contributed by atoms with van der Waals surface area (Å²) in [7, 11) is 1.49. The fourth-order valence-electron chi connectivity index (χ4n) is 6.30. The first-order valence-corrected chi connectivity index (χ1v) is 13.7. The molecule has 1 N–H and O–H groups in total. The first-order chi connectivity index (χ1) is 17.4. The van der Waals surface area contributed by atoms with Crippen molar-refractivity contribution >= 4 is 22.4 Å². The summed E-state index contributed by atoms with van der Waals surface area (Å²) in [6.45, 7) is 9.81. The number of methoxy groups -OCH3 is 1. The van der Waals surface area contributed by atoms with Gasteiger partial charge in [0, 0.05) is 30.1 Å². The molecule has 0 bridgehead atoms. The van der Waals surface area contributed by atoms with Gasteiger partial charge in [-0.1, -0.05) is 24.3 Å². The highest BCUT2D eigenvalue weighted by molar-refractivity contribution is 7.14. The van der Waals surface area contributed by atoms with Crippen LogP contribution in [0.2, 0.25) is 0 Å². The van der Waals surface area contributed by atoms with Gasteiger partial charge in [-0.3, -0.25) is 4.79 Å². The number of nitrogens with one attached hydrogen (secondary N) is 1. The van der Waals surface area contributed by atoms with E-state index < -0.39 is 0 Å². The number of piperidine rings is 1. The Morgan fingerprint density at radius 2 is 2.14 bits per heavy atom. The number of ether oxygens (including phenoxy) is 2. The van der Waals surface area contributed by atoms with Gasteiger partial charge in [0.2, 0.25) is 0 Å². The second kappa shape index (κ2) is 8.89. The number of rotatable bonds is 6. The average molecular weight is 504 g/mol. The normalized spacial score (nSPS) is 24.3. The number of hydrogen-bond acceptors (Lipinski definition) is 7. The van der Waals surface area contributed by atoms with E-state index in [9.17, 15) is 4.79 Å². The van der Waals surface area contributed by atoms with Gasteiger partial charge in [0.25, 0.3) is 0 Å². The van der Waals surface area contributed by atoms with Gasteiger partial charge in [0.15, 0.2) is 5.13 Å². The molecule has 7 heteroatoms. The molecule has 1 saturated heterocycles. The lowest BCUT2D eigenvalue weighted by Gasteiger charge is -2.27. The van der Waals surface area contributed by atoms with Crippen LogP contribution in [0.5, 0.6) is 5.75 Å². The second-order valence-corrected chi connectivity index (χ2v) is 11.3. The van der Waals surface area contributed by atoms with Gasteiger partial charge in [0.05, 0.1) is 18.2 Å². The molecule has 3 atom stereocenters. The van der Waals surface area contributed by atoms with Crippen molar-refractivity contribution in [3.05, 3.63) is 63.5 Å². The zero-order valence-electron chi connectivity index (χ0n) is 21.4. The molecule has 6 rings (SSSR count). The molecule has 1 aromatic heterocycles. The SMILES string of the molecule is COC(=O)[C@@]12C[C@@H]1CN(c1nc(-c3cccc(C)c3OCc3ccc4c(c3C)CCNC4)cs1)[C@H]2C. The average Bonchev–Trinajstić information content (AvgIpc) is 3.28. The summed E-state index contributed by atoms with van der Waals surface area (Å²) < 4.78 is 11.6. The van der Waals surface area contributed by atoms with Gasteiger partial charge in [-0.15, -0.1) is 11.3 Å². The minimum Gasteiger partial charge on any atom is -0.488 e. The lowest BCUT2D eigenvalue weighted by atomic mass is 9.93. The van der Waals surface area contributed by atoms with E-state index in [1.54, 1.807) is 11.3 Å². The predicted octanol–water partition coefficient (Wildman–Crippen LogP) is 5.04. The summed E-state index contributed by atoms with van der Waals surface area (Å²) >= 11 is 1.63. The number of hydrogen-bond donors (Lipinski definition) is 1. The summed E-state index contributed by atoms with van der Waals surface area (Å²) in [5, 5.41) is 6.52. The molecule has 3 aliphatic rings. The summed E-state index contributed by atoms with van der Waals surface area (Å²) in [6, 6.07) is 10.8. The van der Waals surface area contributed by atoms with Crippen LogP contribution >= 0.6 is 11.3 Å². The Balaban J connectivity index is 1.24. The number of anilines is 1. The van der Waals surface area contributed by atoms with Crippen LogP contribution < -0.4 is 15.0 Å². The number of aryl methyl sites for hydroxylation is 1. The van der Waals surface area contributed by atoms with Gasteiger partial charge in [0.1, 0.15) is 12.4 Å². The third-order valence-corrected chi connectivity index (χ3v) is 9.50. The van der Waals surface area contributed by atoms with Gasteiger partial charge in [-0.05, 0) is 80.0 Å². The quantitative estimate of drug-likeness (QED) is 0.476. The maximum atomic E-state index is 12.5. The molecule has 6 nitrogen and oxygen atoms in total. The molecule has 3 aromatic rings. The van der Waals surface area contributed by atoms with E-state index in [4.69, 9.17) is 14.5 Å².